The molecule has 0 spiro atoms. The minimum Gasteiger partial charge on any atom is -0.338 e. The largest absolute Gasteiger partial charge is 0.338 e. The van der Waals surface area contributed by atoms with E-state index in [-0.39, 0.29) is 0 Å². The first-order valence-electron chi connectivity index (χ1n) is 10.0. The molecule has 138 valence electrons. The number of carbonyl (C=O) groups is 1. The highest BCUT2D eigenvalue weighted by atomic mass is 16.2. The lowest BCUT2D eigenvalue weighted by Gasteiger charge is -2.35. The van der Waals surface area contributed by atoms with Gasteiger partial charge in [0.25, 0.3) is 0 Å². The maximum absolute atomic E-state index is 13.1. The molecule has 2 aliphatic rings. The number of likely N-dealkylation sites (tertiary alicyclic amines) is 1. The van der Waals surface area contributed by atoms with E-state index in [4.69, 9.17) is 0 Å². The standard InChI is InChI=1S/C21H33N3O/c1-18-8-2-3-9-19(18)16-21(25)24(20-10-6-11-22-17-20)15-7-14-23-12-4-5-13-23/h2-3,8-9,20,22H,4-7,10-17H2,1H3. The van der Waals surface area contributed by atoms with Crippen molar-refractivity contribution in [2.24, 2.45) is 0 Å². The van der Waals surface area contributed by atoms with Crippen molar-refractivity contribution in [3.05, 3.63) is 35.4 Å². The third-order valence-corrected chi connectivity index (χ3v) is 5.71. The van der Waals surface area contributed by atoms with Gasteiger partial charge in [0, 0.05) is 19.1 Å². The number of piperidine rings is 1. The SMILES string of the molecule is Cc1ccccc1CC(=O)N(CCCN1CCCC1)C1CCCNC1. The highest BCUT2D eigenvalue weighted by molar-refractivity contribution is 5.79. The van der Waals surface area contributed by atoms with Crippen LogP contribution in [0, 0.1) is 6.92 Å². The summed E-state index contributed by atoms with van der Waals surface area (Å²) in [7, 11) is 0. The highest BCUT2D eigenvalue weighted by Crippen LogP contribution is 2.16. The van der Waals surface area contributed by atoms with Crippen LogP contribution in [0.3, 0.4) is 0 Å². The van der Waals surface area contributed by atoms with Gasteiger partial charge in [-0.2, -0.15) is 0 Å². The average molecular weight is 344 g/mol. The number of nitrogens with one attached hydrogen (secondary N) is 1. The lowest BCUT2D eigenvalue weighted by Crippen LogP contribution is -2.50. The van der Waals surface area contributed by atoms with E-state index in [0.29, 0.717) is 18.4 Å². The van der Waals surface area contributed by atoms with Gasteiger partial charge in [-0.1, -0.05) is 24.3 Å². The van der Waals surface area contributed by atoms with Crippen molar-refractivity contribution >= 4 is 5.91 Å². The van der Waals surface area contributed by atoms with Gasteiger partial charge in [-0.05, 0) is 76.3 Å². The van der Waals surface area contributed by atoms with E-state index in [0.717, 1.165) is 39.0 Å². The lowest BCUT2D eigenvalue weighted by atomic mass is 10.0. The summed E-state index contributed by atoms with van der Waals surface area (Å²) in [6.45, 7) is 8.64. The second-order valence-corrected chi connectivity index (χ2v) is 7.59. The summed E-state index contributed by atoms with van der Waals surface area (Å²) in [5.74, 6) is 0.296. The molecule has 1 unspecified atom stereocenters. The molecule has 1 atom stereocenters. The summed E-state index contributed by atoms with van der Waals surface area (Å²) in [6, 6.07) is 8.64. The molecule has 2 saturated heterocycles. The van der Waals surface area contributed by atoms with E-state index in [1.165, 1.54) is 43.5 Å². The van der Waals surface area contributed by atoms with Crippen LogP contribution in [0.25, 0.3) is 0 Å². The van der Waals surface area contributed by atoms with Crippen molar-refractivity contribution < 1.29 is 4.79 Å². The van der Waals surface area contributed by atoms with Crippen LogP contribution in [0.15, 0.2) is 24.3 Å². The quantitative estimate of drug-likeness (QED) is 0.827. The van der Waals surface area contributed by atoms with Crippen LogP contribution in [0.5, 0.6) is 0 Å². The Morgan fingerprint density at radius 1 is 1.24 bits per heavy atom. The Hall–Kier alpha value is -1.39. The number of amides is 1. The zero-order valence-electron chi connectivity index (χ0n) is 15.7. The Kier molecular flexibility index (Phi) is 6.88. The Bertz CT molecular complexity index is 548. The Balaban J connectivity index is 1.59. The summed E-state index contributed by atoms with van der Waals surface area (Å²) >= 11 is 0. The molecule has 4 nitrogen and oxygen atoms in total. The second kappa shape index (κ2) is 9.35. The molecule has 1 amide bonds. The summed E-state index contributed by atoms with van der Waals surface area (Å²) in [5.41, 5.74) is 2.38. The molecule has 25 heavy (non-hydrogen) atoms. The van der Waals surface area contributed by atoms with E-state index < -0.39 is 0 Å². The topological polar surface area (TPSA) is 35.6 Å². The molecule has 0 bridgehead atoms. The van der Waals surface area contributed by atoms with Crippen LogP contribution < -0.4 is 5.32 Å². The first-order chi connectivity index (χ1) is 12.2. The van der Waals surface area contributed by atoms with Crippen LogP contribution in [0.4, 0.5) is 0 Å². The molecule has 2 aliphatic heterocycles. The van der Waals surface area contributed by atoms with Gasteiger partial charge in [-0.25, -0.2) is 0 Å². The van der Waals surface area contributed by atoms with Crippen LogP contribution in [0.1, 0.15) is 43.2 Å². The number of carbonyl (C=O) groups excluding carboxylic acids is 1. The van der Waals surface area contributed by atoms with Gasteiger partial charge < -0.3 is 15.1 Å². The predicted octanol–water partition coefficient (Wildman–Crippen LogP) is 2.60. The Labute approximate surface area is 152 Å². The molecule has 0 saturated carbocycles. The first-order valence-corrected chi connectivity index (χ1v) is 10.0. The average Bonchev–Trinajstić information content (AvgIpc) is 3.15. The first kappa shape index (κ1) is 18.4. The van der Waals surface area contributed by atoms with Gasteiger partial charge in [0.1, 0.15) is 0 Å². The maximum atomic E-state index is 13.1. The number of aryl methyl sites for hydroxylation is 1. The fourth-order valence-electron chi connectivity index (χ4n) is 4.15. The number of rotatable bonds is 7. The molecule has 0 aromatic heterocycles. The third-order valence-electron chi connectivity index (χ3n) is 5.71. The van der Waals surface area contributed by atoms with E-state index in [9.17, 15) is 4.79 Å². The molecule has 3 rings (SSSR count). The van der Waals surface area contributed by atoms with Gasteiger partial charge in [0.05, 0.1) is 6.42 Å². The van der Waals surface area contributed by atoms with Gasteiger partial charge in [0.15, 0.2) is 0 Å². The molecule has 4 heteroatoms. The minimum absolute atomic E-state index is 0.296. The fraction of sp³-hybridized carbons (Fsp3) is 0.667. The van der Waals surface area contributed by atoms with Crippen LogP contribution in [-0.2, 0) is 11.2 Å². The van der Waals surface area contributed by atoms with Gasteiger partial charge in [0.2, 0.25) is 5.91 Å². The Morgan fingerprint density at radius 3 is 2.76 bits per heavy atom. The number of hydrogen-bond acceptors (Lipinski definition) is 3. The molecular formula is C21H33N3O. The molecule has 0 radical (unpaired) electrons. The molecule has 2 fully saturated rings. The second-order valence-electron chi connectivity index (χ2n) is 7.59. The normalized spacial score (nSPS) is 21.4. The Morgan fingerprint density at radius 2 is 2.04 bits per heavy atom. The summed E-state index contributed by atoms with van der Waals surface area (Å²) in [4.78, 5) is 17.8. The van der Waals surface area contributed by atoms with Crippen molar-refractivity contribution in [1.29, 1.82) is 0 Å². The van der Waals surface area contributed by atoms with Crippen LogP contribution >= 0.6 is 0 Å². The molecule has 2 heterocycles. The summed E-state index contributed by atoms with van der Waals surface area (Å²) in [5, 5.41) is 3.47. The zero-order valence-corrected chi connectivity index (χ0v) is 15.7. The van der Waals surface area contributed by atoms with E-state index in [1.807, 2.05) is 12.1 Å². The predicted molar refractivity (Wildman–Crippen MR) is 103 cm³/mol. The molecule has 1 aromatic rings. The van der Waals surface area contributed by atoms with Crippen molar-refractivity contribution in [3.63, 3.8) is 0 Å². The highest BCUT2D eigenvalue weighted by Gasteiger charge is 2.25. The van der Waals surface area contributed by atoms with Crippen molar-refractivity contribution in [2.45, 2.75) is 51.5 Å². The van der Waals surface area contributed by atoms with Crippen LogP contribution in [0.2, 0.25) is 0 Å². The number of nitrogens with zero attached hydrogens (tertiary/aromatic N) is 2. The van der Waals surface area contributed by atoms with Crippen molar-refractivity contribution in [2.75, 3.05) is 39.3 Å². The lowest BCUT2D eigenvalue weighted by molar-refractivity contribution is -0.133. The molecular weight excluding hydrogens is 310 g/mol. The zero-order chi connectivity index (χ0) is 17.5. The fourth-order valence-corrected chi connectivity index (χ4v) is 4.15. The smallest absolute Gasteiger partial charge is 0.227 e. The summed E-state index contributed by atoms with van der Waals surface area (Å²) < 4.78 is 0. The monoisotopic (exact) mass is 343 g/mol. The molecule has 0 aliphatic carbocycles. The maximum Gasteiger partial charge on any atom is 0.227 e. The van der Waals surface area contributed by atoms with E-state index in [1.54, 1.807) is 0 Å². The third kappa shape index (κ3) is 5.29. The summed E-state index contributed by atoms with van der Waals surface area (Å²) in [6.07, 6.45) is 6.61. The number of benzene rings is 1. The van der Waals surface area contributed by atoms with E-state index >= 15 is 0 Å². The minimum atomic E-state index is 0.296. The van der Waals surface area contributed by atoms with Crippen LogP contribution in [-0.4, -0.2) is 61.0 Å². The molecule has 1 aromatic carbocycles. The van der Waals surface area contributed by atoms with E-state index in [2.05, 4.69) is 34.2 Å². The van der Waals surface area contributed by atoms with Crippen molar-refractivity contribution in [3.8, 4) is 0 Å². The van der Waals surface area contributed by atoms with Gasteiger partial charge >= 0.3 is 0 Å². The molecule has 1 N–H and O–H groups in total. The van der Waals surface area contributed by atoms with Gasteiger partial charge in [-0.15, -0.1) is 0 Å². The number of hydrogen-bond donors (Lipinski definition) is 1. The van der Waals surface area contributed by atoms with Crippen molar-refractivity contribution in [1.82, 2.24) is 15.1 Å². The van der Waals surface area contributed by atoms with Gasteiger partial charge in [-0.3, -0.25) is 4.79 Å².